The summed E-state index contributed by atoms with van der Waals surface area (Å²) in [5.74, 6) is -7.50. The van der Waals surface area contributed by atoms with Gasteiger partial charge in [0.25, 0.3) is 5.91 Å². The second kappa shape index (κ2) is 6.40. The predicted molar refractivity (Wildman–Crippen MR) is 73.6 cm³/mol. The molecule has 1 aromatic heterocycles. The highest BCUT2D eigenvalue weighted by Crippen LogP contribution is 2.48. The van der Waals surface area contributed by atoms with Crippen LogP contribution in [-0.4, -0.2) is 45.0 Å². The average molecular weight is 322 g/mol. The van der Waals surface area contributed by atoms with Gasteiger partial charge in [0.15, 0.2) is 0 Å². The van der Waals surface area contributed by atoms with Crippen molar-refractivity contribution in [3.8, 4) is 0 Å². The molecule has 1 saturated carbocycles. The minimum atomic E-state index is -1.47. The van der Waals surface area contributed by atoms with Crippen LogP contribution in [0.25, 0.3) is 0 Å². The van der Waals surface area contributed by atoms with Crippen molar-refractivity contribution < 1.29 is 29.4 Å². The van der Waals surface area contributed by atoms with E-state index in [0.29, 0.717) is 0 Å². The van der Waals surface area contributed by atoms with Gasteiger partial charge in [0, 0.05) is 18.3 Å². The fourth-order valence-corrected chi connectivity index (χ4v) is 2.37. The zero-order valence-corrected chi connectivity index (χ0v) is 11.7. The maximum atomic E-state index is 11.9. The Morgan fingerprint density at radius 3 is 2.39 bits per heavy atom. The number of amides is 2. The molecular weight excluding hydrogens is 308 g/mol. The molecule has 1 aliphatic carbocycles. The first-order chi connectivity index (χ1) is 10.8. The van der Waals surface area contributed by atoms with Crippen LogP contribution in [0.15, 0.2) is 24.5 Å². The zero-order chi connectivity index (χ0) is 17.1. The average Bonchev–Trinajstić information content (AvgIpc) is 3.28. The third-order valence-corrected chi connectivity index (χ3v) is 3.59. The van der Waals surface area contributed by atoms with Crippen LogP contribution >= 0.6 is 0 Å². The first-order valence-electron chi connectivity index (χ1n) is 6.56. The Labute approximate surface area is 129 Å². The van der Waals surface area contributed by atoms with Crippen molar-refractivity contribution in [1.29, 1.82) is 0 Å². The molecule has 1 unspecified atom stereocenters. The normalized spacial score (nSPS) is 23.4. The molecule has 1 heterocycles. The van der Waals surface area contributed by atoms with E-state index in [1.165, 1.54) is 24.5 Å². The summed E-state index contributed by atoms with van der Waals surface area (Å²) < 4.78 is 0. The fourth-order valence-electron chi connectivity index (χ4n) is 2.37. The molecule has 6 N–H and O–H groups in total. The number of hydrogen-bond acceptors (Lipinski definition) is 6. The van der Waals surface area contributed by atoms with Crippen LogP contribution in [0.1, 0.15) is 10.4 Å². The lowest BCUT2D eigenvalue weighted by atomic mass is 10.1. The molecule has 0 radical (unpaired) electrons. The van der Waals surface area contributed by atoms with Crippen molar-refractivity contribution >= 4 is 23.8 Å². The molecule has 2 rings (SSSR count). The molecule has 0 spiro atoms. The molecule has 0 aliphatic heterocycles. The maximum Gasteiger partial charge on any atom is 0.320 e. The number of nitrogens with zero attached hydrogens (tertiary/aromatic N) is 1. The van der Waals surface area contributed by atoms with Crippen molar-refractivity contribution in [1.82, 2.24) is 15.8 Å². The number of nitrogens with one attached hydrogen (secondary N) is 2. The minimum Gasteiger partial charge on any atom is -0.481 e. The summed E-state index contributed by atoms with van der Waals surface area (Å²) in [5, 5.41) is 17.8. The molecule has 0 aromatic carbocycles. The van der Waals surface area contributed by atoms with Crippen molar-refractivity contribution in [2.45, 2.75) is 6.04 Å². The van der Waals surface area contributed by atoms with E-state index in [4.69, 9.17) is 15.9 Å². The van der Waals surface area contributed by atoms with E-state index in [-0.39, 0.29) is 5.56 Å². The van der Waals surface area contributed by atoms with E-state index < -0.39 is 47.5 Å². The summed E-state index contributed by atoms with van der Waals surface area (Å²) in [5.41, 5.74) is 9.76. The Hall–Kier alpha value is -3.01. The van der Waals surface area contributed by atoms with Gasteiger partial charge in [-0.2, -0.15) is 0 Å². The maximum absolute atomic E-state index is 11.9. The van der Waals surface area contributed by atoms with Gasteiger partial charge in [0.2, 0.25) is 5.91 Å². The highest BCUT2D eigenvalue weighted by molar-refractivity contribution is 5.97. The molecule has 1 aromatic rings. The molecule has 23 heavy (non-hydrogen) atoms. The Kier molecular flexibility index (Phi) is 4.55. The number of pyridine rings is 1. The van der Waals surface area contributed by atoms with Gasteiger partial charge in [-0.25, -0.2) is 0 Å². The van der Waals surface area contributed by atoms with Crippen molar-refractivity contribution in [3.63, 3.8) is 0 Å². The summed E-state index contributed by atoms with van der Waals surface area (Å²) in [6, 6.07) is 1.52. The Morgan fingerprint density at radius 1 is 1.17 bits per heavy atom. The van der Waals surface area contributed by atoms with E-state index in [9.17, 15) is 19.2 Å². The summed E-state index contributed by atoms with van der Waals surface area (Å²) >= 11 is 0. The van der Waals surface area contributed by atoms with Crippen LogP contribution < -0.4 is 16.6 Å². The number of carbonyl (C=O) groups is 4. The van der Waals surface area contributed by atoms with Crippen LogP contribution in [0.2, 0.25) is 0 Å². The number of carbonyl (C=O) groups excluding carboxylic acids is 2. The topological polar surface area (TPSA) is 172 Å². The standard InChI is InChI=1S/C13H14N4O6/c14-9(13(22)23)6-7(8(6)12(20)21)11(19)17-16-10(18)5-2-1-3-15-4-5/h1-4,6-9H,14H2,(H,16,18)(H,17,19)(H,20,21)(H,22,23)/t6-,7+,8+,9?/m0/s1. The number of hydrogen-bond donors (Lipinski definition) is 5. The highest BCUT2D eigenvalue weighted by atomic mass is 16.4. The minimum absolute atomic E-state index is 0.192. The summed E-state index contributed by atoms with van der Waals surface area (Å²) in [7, 11) is 0. The smallest absolute Gasteiger partial charge is 0.320 e. The van der Waals surface area contributed by atoms with Crippen LogP contribution in [0.5, 0.6) is 0 Å². The molecule has 1 fully saturated rings. The van der Waals surface area contributed by atoms with Crippen LogP contribution in [0.4, 0.5) is 0 Å². The van der Waals surface area contributed by atoms with Crippen molar-refractivity contribution in [2.24, 2.45) is 23.5 Å². The molecule has 0 saturated heterocycles. The van der Waals surface area contributed by atoms with Crippen molar-refractivity contribution in [3.05, 3.63) is 30.1 Å². The number of aliphatic carboxylic acids is 2. The third kappa shape index (κ3) is 3.43. The fraction of sp³-hybridized carbons (Fsp3) is 0.308. The van der Waals surface area contributed by atoms with Gasteiger partial charge >= 0.3 is 11.9 Å². The van der Waals surface area contributed by atoms with E-state index in [2.05, 4.69) is 15.8 Å². The van der Waals surface area contributed by atoms with Gasteiger partial charge in [-0.15, -0.1) is 0 Å². The number of aromatic nitrogens is 1. The van der Waals surface area contributed by atoms with Crippen LogP contribution in [0, 0.1) is 17.8 Å². The molecule has 10 nitrogen and oxygen atoms in total. The lowest BCUT2D eigenvalue weighted by Gasteiger charge is -2.08. The molecule has 0 bridgehead atoms. The first-order valence-corrected chi connectivity index (χ1v) is 6.56. The Bertz CT molecular complexity index is 649. The number of hydrazine groups is 1. The monoisotopic (exact) mass is 322 g/mol. The molecule has 10 heteroatoms. The van der Waals surface area contributed by atoms with E-state index in [0.717, 1.165) is 0 Å². The Morgan fingerprint density at radius 2 is 1.87 bits per heavy atom. The van der Waals surface area contributed by atoms with Gasteiger partial charge in [-0.05, 0) is 12.1 Å². The van der Waals surface area contributed by atoms with E-state index in [1.54, 1.807) is 0 Å². The zero-order valence-electron chi connectivity index (χ0n) is 11.7. The van der Waals surface area contributed by atoms with Gasteiger partial charge < -0.3 is 15.9 Å². The Balaban J connectivity index is 1.96. The van der Waals surface area contributed by atoms with Crippen molar-refractivity contribution in [2.75, 3.05) is 0 Å². The number of rotatable bonds is 5. The van der Waals surface area contributed by atoms with Gasteiger partial charge in [0.05, 0.1) is 17.4 Å². The van der Waals surface area contributed by atoms with Gasteiger partial charge in [-0.3, -0.25) is 35.0 Å². The van der Waals surface area contributed by atoms with E-state index >= 15 is 0 Å². The lowest BCUT2D eigenvalue weighted by molar-refractivity contribution is -0.141. The second-order valence-corrected chi connectivity index (χ2v) is 5.02. The predicted octanol–water partition coefficient (Wildman–Crippen LogP) is -1.80. The SMILES string of the molecule is NC(C(=O)O)[C@@H]1[C@@H](C(=O)O)[C@@H]1C(=O)NNC(=O)c1cccnc1. The molecule has 4 atom stereocenters. The molecule has 2 amide bonds. The van der Waals surface area contributed by atoms with E-state index in [1.807, 2.05) is 0 Å². The van der Waals surface area contributed by atoms with Crippen LogP contribution in [0.3, 0.4) is 0 Å². The summed E-state index contributed by atoms with van der Waals surface area (Å²) in [4.78, 5) is 49.3. The molecule has 1 aliphatic rings. The number of carboxylic acids is 2. The van der Waals surface area contributed by atoms with Gasteiger partial charge in [0.1, 0.15) is 6.04 Å². The lowest BCUT2D eigenvalue weighted by Crippen LogP contribution is -2.43. The molecular formula is C13H14N4O6. The van der Waals surface area contributed by atoms with Gasteiger partial charge in [-0.1, -0.05) is 0 Å². The second-order valence-electron chi connectivity index (χ2n) is 5.02. The third-order valence-electron chi connectivity index (χ3n) is 3.59. The largest absolute Gasteiger partial charge is 0.481 e. The molecule has 122 valence electrons. The number of nitrogens with two attached hydrogens (primary N) is 1. The quantitative estimate of drug-likeness (QED) is 0.395. The summed E-state index contributed by atoms with van der Waals surface area (Å²) in [6.45, 7) is 0. The van der Waals surface area contributed by atoms with Crippen LogP contribution in [-0.2, 0) is 14.4 Å². The number of carboxylic acid groups (broad SMARTS) is 2. The summed E-state index contributed by atoms with van der Waals surface area (Å²) in [6.07, 6.45) is 2.75. The highest BCUT2D eigenvalue weighted by Gasteiger charge is 2.63. The first kappa shape index (κ1) is 16.4.